The van der Waals surface area contributed by atoms with Crippen molar-refractivity contribution in [2.45, 2.75) is 20.0 Å². The van der Waals surface area contributed by atoms with E-state index < -0.39 is 12.1 Å². The normalized spacial score (nSPS) is 12.0. The molecule has 6 nitrogen and oxygen atoms in total. The van der Waals surface area contributed by atoms with Crippen LogP contribution in [0.1, 0.15) is 22.3 Å². The van der Waals surface area contributed by atoms with Gasteiger partial charge in [-0.2, -0.15) is 5.10 Å². The smallest absolute Gasteiger partial charge is 0.349 e. The molecule has 3 rings (SSSR count). The van der Waals surface area contributed by atoms with Crippen molar-refractivity contribution in [3.05, 3.63) is 58.6 Å². The van der Waals surface area contributed by atoms with E-state index in [2.05, 4.69) is 17.0 Å². The van der Waals surface area contributed by atoms with Crippen LogP contribution in [0.4, 0.5) is 0 Å². The maximum atomic E-state index is 12.5. The lowest BCUT2D eigenvalue weighted by molar-refractivity contribution is -0.128. The minimum Gasteiger partial charge on any atom is -0.448 e. The van der Waals surface area contributed by atoms with Crippen LogP contribution in [0.15, 0.2) is 43.0 Å². The van der Waals surface area contributed by atoms with E-state index in [-0.39, 0.29) is 5.91 Å². The summed E-state index contributed by atoms with van der Waals surface area (Å²) in [5.41, 5.74) is 1.59. The third-order valence-corrected chi connectivity index (χ3v) is 5.20. The van der Waals surface area contributed by atoms with Gasteiger partial charge in [-0.1, -0.05) is 23.7 Å². The number of carbonyl (C=O) groups excluding carboxylic acids is 2. The van der Waals surface area contributed by atoms with Crippen molar-refractivity contribution in [3.8, 4) is 5.69 Å². The summed E-state index contributed by atoms with van der Waals surface area (Å²) in [6, 6.07) is 9.06. The Hall–Kier alpha value is -2.64. The summed E-state index contributed by atoms with van der Waals surface area (Å²) in [4.78, 5) is 25.5. The van der Waals surface area contributed by atoms with Gasteiger partial charge in [0.2, 0.25) is 0 Å². The second-order valence-corrected chi connectivity index (χ2v) is 7.36. The number of halogens is 1. The molecule has 0 fully saturated rings. The molecular formula is C19H18ClN3O3S. The molecule has 140 valence electrons. The third kappa shape index (κ3) is 4.04. The van der Waals surface area contributed by atoms with Gasteiger partial charge in [0, 0.05) is 17.0 Å². The Labute approximate surface area is 165 Å². The predicted octanol–water partition coefficient (Wildman–Crippen LogP) is 3.90. The topological polar surface area (TPSA) is 73.2 Å². The number of nitrogens with zero attached hydrogens (tertiary/aromatic N) is 2. The number of ether oxygens (including phenoxy) is 1. The number of carbonyl (C=O) groups is 2. The lowest BCUT2D eigenvalue weighted by Gasteiger charge is -2.11. The minimum absolute atomic E-state index is 0.318. The number of hydrogen-bond acceptors (Lipinski definition) is 5. The molecule has 2 aromatic heterocycles. The van der Waals surface area contributed by atoms with Crippen LogP contribution < -0.4 is 5.32 Å². The van der Waals surface area contributed by atoms with Gasteiger partial charge in [-0.15, -0.1) is 17.9 Å². The number of thiophene rings is 1. The average Bonchev–Trinajstić information content (AvgIpc) is 3.20. The Kier molecular flexibility index (Phi) is 5.62. The summed E-state index contributed by atoms with van der Waals surface area (Å²) in [5, 5.41) is 8.58. The molecule has 0 aliphatic heterocycles. The molecule has 3 aromatic rings. The molecule has 1 aromatic carbocycles. The molecule has 0 aliphatic carbocycles. The first kappa shape index (κ1) is 19.1. The highest BCUT2D eigenvalue weighted by molar-refractivity contribution is 7.20. The average molecular weight is 404 g/mol. The van der Waals surface area contributed by atoms with E-state index in [0.717, 1.165) is 21.6 Å². The summed E-state index contributed by atoms with van der Waals surface area (Å²) in [5.74, 6) is -0.917. The zero-order chi connectivity index (χ0) is 19.6. The zero-order valence-electron chi connectivity index (χ0n) is 14.9. The van der Waals surface area contributed by atoms with Gasteiger partial charge in [-0.25, -0.2) is 9.48 Å². The first-order chi connectivity index (χ1) is 12.9. The van der Waals surface area contributed by atoms with Gasteiger partial charge in [-0.05, 0) is 38.1 Å². The molecule has 0 spiro atoms. The monoisotopic (exact) mass is 403 g/mol. The second-order valence-electron chi connectivity index (χ2n) is 5.89. The standard InChI is InChI=1S/C19H18ClN3O3S/c1-4-8-21-17(24)12(3)26-19(25)16-10-15-11(2)22-23(18(15)27-16)14-7-5-6-13(20)9-14/h4-7,9-10,12H,1,8H2,2-3H3,(H,21,24)/t12-/m0/s1. The van der Waals surface area contributed by atoms with Gasteiger partial charge in [0.15, 0.2) is 6.10 Å². The first-order valence-corrected chi connectivity index (χ1v) is 9.45. The predicted molar refractivity (Wildman–Crippen MR) is 107 cm³/mol. The number of amides is 1. The number of aromatic nitrogens is 2. The van der Waals surface area contributed by atoms with Crippen molar-refractivity contribution in [2.75, 3.05) is 6.54 Å². The van der Waals surface area contributed by atoms with Crippen LogP contribution >= 0.6 is 22.9 Å². The van der Waals surface area contributed by atoms with Crippen LogP contribution in [0.3, 0.4) is 0 Å². The fraction of sp³-hybridized carbons (Fsp3) is 0.211. The van der Waals surface area contributed by atoms with Gasteiger partial charge in [0.1, 0.15) is 9.71 Å². The summed E-state index contributed by atoms with van der Waals surface area (Å²) < 4.78 is 7.02. The minimum atomic E-state index is -0.895. The molecule has 0 saturated heterocycles. The van der Waals surface area contributed by atoms with Crippen LogP contribution in [-0.4, -0.2) is 34.3 Å². The number of nitrogens with one attached hydrogen (secondary N) is 1. The third-order valence-electron chi connectivity index (χ3n) is 3.87. The van der Waals surface area contributed by atoms with Gasteiger partial charge in [0.05, 0.1) is 11.4 Å². The number of hydrogen-bond donors (Lipinski definition) is 1. The fourth-order valence-electron chi connectivity index (χ4n) is 2.52. The van der Waals surface area contributed by atoms with Crippen LogP contribution in [0.2, 0.25) is 5.02 Å². The summed E-state index contributed by atoms with van der Waals surface area (Å²) in [7, 11) is 0. The van der Waals surface area contributed by atoms with Crippen LogP contribution in [0, 0.1) is 6.92 Å². The molecule has 1 atom stereocenters. The van der Waals surface area contributed by atoms with E-state index in [1.54, 1.807) is 29.0 Å². The highest BCUT2D eigenvalue weighted by Crippen LogP contribution is 2.31. The Morgan fingerprint density at radius 3 is 2.93 bits per heavy atom. The maximum Gasteiger partial charge on any atom is 0.349 e. The van der Waals surface area contributed by atoms with Crippen molar-refractivity contribution in [3.63, 3.8) is 0 Å². The van der Waals surface area contributed by atoms with Crippen LogP contribution in [0.25, 0.3) is 15.9 Å². The van der Waals surface area contributed by atoms with Crippen molar-refractivity contribution in [1.82, 2.24) is 15.1 Å². The van der Waals surface area contributed by atoms with Crippen molar-refractivity contribution < 1.29 is 14.3 Å². The Morgan fingerprint density at radius 1 is 1.44 bits per heavy atom. The van der Waals surface area contributed by atoms with Crippen LogP contribution in [-0.2, 0) is 9.53 Å². The van der Waals surface area contributed by atoms with Gasteiger partial charge >= 0.3 is 5.97 Å². The summed E-state index contributed by atoms with van der Waals surface area (Å²) >= 11 is 7.34. The van der Waals surface area contributed by atoms with Gasteiger partial charge < -0.3 is 10.1 Å². The van der Waals surface area contributed by atoms with Gasteiger partial charge in [-0.3, -0.25) is 4.79 Å². The SMILES string of the molecule is C=CCNC(=O)[C@H](C)OC(=O)c1cc2c(C)nn(-c3cccc(Cl)c3)c2s1. The molecule has 1 N–H and O–H groups in total. The Morgan fingerprint density at radius 2 is 2.22 bits per heavy atom. The molecular weight excluding hydrogens is 386 g/mol. The number of fused-ring (bicyclic) bond motifs is 1. The van der Waals surface area contributed by atoms with E-state index in [9.17, 15) is 9.59 Å². The fourth-order valence-corrected chi connectivity index (χ4v) is 3.77. The number of benzene rings is 1. The molecule has 0 aliphatic rings. The lowest BCUT2D eigenvalue weighted by atomic mass is 10.3. The Balaban J connectivity index is 1.86. The molecule has 0 saturated carbocycles. The lowest BCUT2D eigenvalue weighted by Crippen LogP contribution is -2.35. The number of rotatable bonds is 6. The molecule has 1 amide bonds. The number of aryl methyl sites for hydroxylation is 1. The van der Waals surface area contributed by atoms with Gasteiger partial charge in [0.25, 0.3) is 5.91 Å². The van der Waals surface area contributed by atoms with E-state index >= 15 is 0 Å². The van der Waals surface area contributed by atoms with Crippen LogP contribution in [0.5, 0.6) is 0 Å². The largest absolute Gasteiger partial charge is 0.448 e. The summed E-state index contributed by atoms with van der Waals surface area (Å²) in [6.45, 7) is 7.25. The molecule has 8 heteroatoms. The molecule has 2 heterocycles. The molecule has 0 bridgehead atoms. The highest BCUT2D eigenvalue weighted by atomic mass is 35.5. The summed E-state index contributed by atoms with van der Waals surface area (Å²) in [6.07, 6.45) is 0.663. The molecule has 0 radical (unpaired) electrons. The highest BCUT2D eigenvalue weighted by Gasteiger charge is 2.22. The van der Waals surface area contributed by atoms with E-state index in [1.165, 1.54) is 18.3 Å². The molecule has 0 unspecified atom stereocenters. The maximum absolute atomic E-state index is 12.5. The Bertz CT molecular complexity index is 1020. The number of esters is 1. The van der Waals surface area contributed by atoms with Crippen molar-refractivity contribution in [1.29, 1.82) is 0 Å². The van der Waals surface area contributed by atoms with Crippen molar-refractivity contribution in [2.24, 2.45) is 0 Å². The van der Waals surface area contributed by atoms with E-state index in [4.69, 9.17) is 16.3 Å². The second kappa shape index (κ2) is 7.94. The van der Waals surface area contributed by atoms with E-state index in [0.29, 0.717) is 16.4 Å². The zero-order valence-corrected chi connectivity index (χ0v) is 16.4. The van der Waals surface area contributed by atoms with Crippen molar-refractivity contribution >= 4 is 45.0 Å². The van der Waals surface area contributed by atoms with E-state index in [1.807, 2.05) is 19.1 Å². The first-order valence-electron chi connectivity index (χ1n) is 8.25. The molecule has 27 heavy (non-hydrogen) atoms. The quantitative estimate of drug-likeness (QED) is 0.500.